The predicted molar refractivity (Wildman–Crippen MR) is 116 cm³/mol. The Morgan fingerprint density at radius 3 is 2.31 bits per heavy atom. The molecule has 29 heavy (non-hydrogen) atoms. The van der Waals surface area contributed by atoms with Crippen molar-refractivity contribution < 1.29 is 17.9 Å². The molecule has 7 heteroatoms. The third-order valence-electron chi connectivity index (χ3n) is 5.61. The molecule has 0 saturated heterocycles. The van der Waals surface area contributed by atoms with Crippen molar-refractivity contribution in [3.63, 3.8) is 0 Å². The first-order chi connectivity index (χ1) is 13.9. The van der Waals surface area contributed by atoms with Crippen LogP contribution in [-0.4, -0.2) is 34.7 Å². The summed E-state index contributed by atoms with van der Waals surface area (Å²) in [4.78, 5) is 2.28. The minimum atomic E-state index is -3.75. The fourth-order valence-corrected chi connectivity index (χ4v) is 5.58. The highest BCUT2D eigenvalue weighted by atomic mass is 32.2. The van der Waals surface area contributed by atoms with Gasteiger partial charge in [-0.05, 0) is 25.0 Å². The van der Waals surface area contributed by atoms with Crippen LogP contribution >= 0.6 is 0 Å². The molecule has 3 rings (SSSR count). The quantitative estimate of drug-likeness (QED) is 0.718. The van der Waals surface area contributed by atoms with Gasteiger partial charge in [-0.3, -0.25) is 0 Å². The van der Waals surface area contributed by atoms with Gasteiger partial charge < -0.3 is 14.4 Å². The second-order valence-electron chi connectivity index (χ2n) is 7.44. The van der Waals surface area contributed by atoms with Gasteiger partial charge in [0.15, 0.2) is 11.5 Å². The van der Waals surface area contributed by atoms with Gasteiger partial charge in [-0.25, -0.2) is 13.1 Å². The zero-order valence-electron chi connectivity index (χ0n) is 17.6. The van der Waals surface area contributed by atoms with Gasteiger partial charge in [-0.2, -0.15) is 0 Å². The van der Waals surface area contributed by atoms with E-state index in [4.69, 9.17) is 9.47 Å². The molecular weight excluding hydrogens is 388 g/mol. The van der Waals surface area contributed by atoms with E-state index in [9.17, 15) is 8.42 Å². The SMILES string of the molecule is CCCC[C@@]1(CC)CN(c2ccccc2)c2cc(OC)c(OC)cc2S(=O)(=O)N1. The van der Waals surface area contributed by atoms with Crippen LogP contribution < -0.4 is 19.1 Å². The number of hydrogen-bond donors (Lipinski definition) is 1. The lowest BCUT2D eigenvalue weighted by molar-refractivity contribution is 0.341. The molecule has 0 fully saturated rings. The lowest BCUT2D eigenvalue weighted by atomic mass is 9.89. The maximum Gasteiger partial charge on any atom is 0.243 e. The highest BCUT2D eigenvalue weighted by Crippen LogP contribution is 2.43. The molecule has 0 amide bonds. The fourth-order valence-electron chi connectivity index (χ4n) is 3.88. The number of sulfonamides is 1. The van der Waals surface area contributed by atoms with E-state index in [1.165, 1.54) is 7.11 Å². The van der Waals surface area contributed by atoms with Crippen molar-refractivity contribution >= 4 is 21.4 Å². The van der Waals surface area contributed by atoms with E-state index in [-0.39, 0.29) is 4.90 Å². The summed E-state index contributed by atoms with van der Waals surface area (Å²) >= 11 is 0. The van der Waals surface area contributed by atoms with Crippen molar-refractivity contribution in [3.8, 4) is 11.5 Å². The van der Waals surface area contributed by atoms with Crippen LogP contribution in [0.5, 0.6) is 11.5 Å². The monoisotopic (exact) mass is 418 g/mol. The highest BCUT2D eigenvalue weighted by molar-refractivity contribution is 7.89. The molecule has 2 aromatic rings. The molecule has 6 nitrogen and oxygen atoms in total. The largest absolute Gasteiger partial charge is 0.493 e. The fraction of sp³-hybridized carbons (Fsp3) is 0.455. The van der Waals surface area contributed by atoms with Crippen LogP contribution in [0, 0.1) is 0 Å². The first-order valence-corrected chi connectivity index (χ1v) is 11.5. The summed E-state index contributed by atoms with van der Waals surface area (Å²) in [6.07, 6.45) is 3.41. The molecule has 1 aliphatic heterocycles. The smallest absolute Gasteiger partial charge is 0.243 e. The Labute approximate surface area is 173 Å². The summed E-state index contributed by atoms with van der Waals surface area (Å²) in [6.45, 7) is 4.70. The minimum Gasteiger partial charge on any atom is -0.493 e. The van der Waals surface area contributed by atoms with Crippen LogP contribution in [0.3, 0.4) is 0 Å². The molecule has 1 atom stereocenters. The first-order valence-electron chi connectivity index (χ1n) is 10.0. The number of anilines is 2. The van der Waals surface area contributed by atoms with E-state index in [2.05, 4.69) is 16.5 Å². The molecule has 0 spiro atoms. The number of para-hydroxylation sites is 1. The van der Waals surface area contributed by atoms with Gasteiger partial charge in [0.2, 0.25) is 10.0 Å². The number of fused-ring (bicyclic) bond motifs is 1. The van der Waals surface area contributed by atoms with Crippen LogP contribution in [0.15, 0.2) is 47.4 Å². The van der Waals surface area contributed by atoms with E-state index in [0.29, 0.717) is 30.2 Å². The van der Waals surface area contributed by atoms with Crippen molar-refractivity contribution in [1.29, 1.82) is 0 Å². The molecule has 0 bridgehead atoms. The number of unbranched alkanes of at least 4 members (excludes halogenated alkanes) is 1. The lowest BCUT2D eigenvalue weighted by Gasteiger charge is -2.36. The Bertz CT molecular complexity index is 947. The van der Waals surface area contributed by atoms with Crippen LogP contribution in [-0.2, 0) is 10.0 Å². The molecule has 0 aromatic heterocycles. The summed E-state index contributed by atoms with van der Waals surface area (Å²) in [7, 11) is -0.693. The highest BCUT2D eigenvalue weighted by Gasteiger charge is 2.41. The summed E-state index contributed by atoms with van der Waals surface area (Å²) in [5.41, 5.74) is 0.965. The van der Waals surface area contributed by atoms with E-state index in [0.717, 1.165) is 24.9 Å². The van der Waals surface area contributed by atoms with E-state index >= 15 is 0 Å². The van der Waals surface area contributed by atoms with Crippen LogP contribution in [0.25, 0.3) is 0 Å². The number of hydrogen-bond acceptors (Lipinski definition) is 5. The number of benzene rings is 2. The van der Waals surface area contributed by atoms with Crippen LogP contribution in [0.4, 0.5) is 11.4 Å². The second-order valence-corrected chi connectivity index (χ2v) is 9.09. The summed E-state index contributed by atoms with van der Waals surface area (Å²) < 4.78 is 40.8. The number of ether oxygens (including phenoxy) is 2. The van der Waals surface area contributed by atoms with Crippen molar-refractivity contribution in [1.82, 2.24) is 4.72 Å². The Hall–Kier alpha value is -2.25. The normalized spacial score (nSPS) is 20.6. The van der Waals surface area contributed by atoms with Crippen molar-refractivity contribution in [2.45, 2.75) is 50.0 Å². The van der Waals surface area contributed by atoms with Crippen molar-refractivity contribution in [2.75, 3.05) is 25.7 Å². The molecule has 1 N–H and O–H groups in total. The second kappa shape index (κ2) is 8.63. The molecule has 0 aliphatic carbocycles. The average molecular weight is 419 g/mol. The van der Waals surface area contributed by atoms with E-state index in [1.54, 1.807) is 19.2 Å². The molecule has 0 radical (unpaired) electrons. The zero-order valence-corrected chi connectivity index (χ0v) is 18.4. The van der Waals surface area contributed by atoms with Gasteiger partial charge in [0.1, 0.15) is 4.90 Å². The van der Waals surface area contributed by atoms with Gasteiger partial charge >= 0.3 is 0 Å². The molecule has 1 aliphatic rings. The summed E-state index contributed by atoms with van der Waals surface area (Å²) in [5, 5.41) is 0. The Morgan fingerprint density at radius 1 is 1.07 bits per heavy atom. The van der Waals surface area contributed by atoms with Gasteiger partial charge in [0, 0.05) is 24.4 Å². The van der Waals surface area contributed by atoms with Gasteiger partial charge in [-0.1, -0.05) is 44.9 Å². The molecule has 0 saturated carbocycles. The third-order valence-corrected chi connectivity index (χ3v) is 7.22. The number of methoxy groups -OCH3 is 2. The first kappa shape index (κ1) is 21.5. The van der Waals surface area contributed by atoms with Gasteiger partial charge in [-0.15, -0.1) is 0 Å². The molecule has 158 valence electrons. The van der Waals surface area contributed by atoms with Crippen LogP contribution in [0.2, 0.25) is 0 Å². The maximum absolute atomic E-state index is 13.4. The maximum atomic E-state index is 13.4. The third kappa shape index (κ3) is 4.21. The summed E-state index contributed by atoms with van der Waals surface area (Å²) in [6, 6.07) is 13.2. The molecular formula is C22H30N2O4S. The standard InChI is InChI=1S/C22H30N2O4S/c1-5-7-13-22(6-2)16-24(17-11-9-8-10-12-17)18-14-19(27-3)20(28-4)15-21(18)29(25,26)23-22/h8-12,14-15,23H,5-7,13,16H2,1-4H3/t22-/m0/s1. The minimum absolute atomic E-state index is 0.200. The van der Waals surface area contributed by atoms with Gasteiger partial charge in [0.05, 0.1) is 25.4 Å². The molecule has 2 aromatic carbocycles. The Morgan fingerprint density at radius 2 is 1.72 bits per heavy atom. The van der Waals surface area contributed by atoms with Crippen molar-refractivity contribution in [3.05, 3.63) is 42.5 Å². The zero-order chi connectivity index (χ0) is 21.1. The molecule has 0 unspecified atom stereocenters. The number of nitrogens with one attached hydrogen (secondary N) is 1. The lowest BCUT2D eigenvalue weighted by Crippen LogP contribution is -2.52. The predicted octanol–water partition coefficient (Wildman–Crippen LogP) is 4.47. The number of nitrogens with zero attached hydrogens (tertiary/aromatic N) is 1. The number of rotatable bonds is 7. The Balaban J connectivity index is 2.27. The van der Waals surface area contributed by atoms with Crippen LogP contribution in [0.1, 0.15) is 39.5 Å². The summed E-state index contributed by atoms with van der Waals surface area (Å²) in [5.74, 6) is 0.891. The average Bonchev–Trinajstić information content (AvgIpc) is 2.84. The molecule has 1 heterocycles. The topological polar surface area (TPSA) is 67.9 Å². The van der Waals surface area contributed by atoms with Gasteiger partial charge in [0.25, 0.3) is 0 Å². The van der Waals surface area contributed by atoms with E-state index < -0.39 is 15.6 Å². The van der Waals surface area contributed by atoms with E-state index in [1.807, 2.05) is 37.3 Å². The van der Waals surface area contributed by atoms with Crippen molar-refractivity contribution in [2.24, 2.45) is 0 Å². The Kier molecular flexibility index (Phi) is 6.39.